The van der Waals surface area contributed by atoms with Crippen molar-refractivity contribution in [3.05, 3.63) is 0 Å². The summed E-state index contributed by atoms with van der Waals surface area (Å²) in [6.45, 7) is 10.2. The zero-order valence-electron chi connectivity index (χ0n) is 12.8. The SMILES string of the molecule is CC(C)(C)OC=O.CCOC(=O)C1CCCN(C)C1. The molecule has 1 fully saturated rings. The molecule has 5 nitrogen and oxygen atoms in total. The van der Waals surface area contributed by atoms with Gasteiger partial charge in [-0.1, -0.05) is 0 Å². The largest absolute Gasteiger partial charge is 0.466 e. The molecule has 1 aliphatic rings. The van der Waals surface area contributed by atoms with Gasteiger partial charge >= 0.3 is 5.97 Å². The van der Waals surface area contributed by atoms with Gasteiger partial charge in [-0.15, -0.1) is 0 Å². The maximum absolute atomic E-state index is 11.3. The van der Waals surface area contributed by atoms with E-state index in [1.165, 1.54) is 0 Å². The first-order valence-corrected chi connectivity index (χ1v) is 6.76. The van der Waals surface area contributed by atoms with E-state index in [4.69, 9.17) is 4.74 Å². The van der Waals surface area contributed by atoms with Crippen LogP contribution in [0.3, 0.4) is 0 Å². The Morgan fingerprint density at radius 1 is 1.42 bits per heavy atom. The number of hydrogen-bond acceptors (Lipinski definition) is 5. The Labute approximate surface area is 116 Å². The molecule has 0 spiro atoms. The standard InChI is InChI=1S/C9H17NO2.C5H10O2/c1-3-12-9(11)8-5-4-6-10(2)7-8;1-5(2,3)7-4-6/h8H,3-7H2,1-2H3;4H,1-3H3. The summed E-state index contributed by atoms with van der Waals surface area (Å²) in [6, 6.07) is 0. The Kier molecular flexibility index (Phi) is 8.39. The number of ether oxygens (including phenoxy) is 2. The van der Waals surface area contributed by atoms with Crippen molar-refractivity contribution in [2.45, 2.75) is 46.1 Å². The highest BCUT2D eigenvalue weighted by Gasteiger charge is 2.24. The van der Waals surface area contributed by atoms with Crippen LogP contribution in [0.2, 0.25) is 0 Å². The Morgan fingerprint density at radius 2 is 2.05 bits per heavy atom. The zero-order chi connectivity index (χ0) is 14.9. The molecule has 1 heterocycles. The summed E-state index contributed by atoms with van der Waals surface area (Å²) >= 11 is 0. The van der Waals surface area contributed by atoms with Crippen LogP contribution in [0.25, 0.3) is 0 Å². The average molecular weight is 273 g/mol. The van der Waals surface area contributed by atoms with Crippen molar-refractivity contribution in [3.8, 4) is 0 Å². The number of carbonyl (C=O) groups is 2. The van der Waals surface area contributed by atoms with Crippen LogP contribution in [0.15, 0.2) is 0 Å². The van der Waals surface area contributed by atoms with E-state index >= 15 is 0 Å². The fraction of sp³-hybridized carbons (Fsp3) is 0.857. The topological polar surface area (TPSA) is 55.8 Å². The van der Waals surface area contributed by atoms with E-state index in [1.807, 2.05) is 34.7 Å². The van der Waals surface area contributed by atoms with Crippen LogP contribution in [0.4, 0.5) is 0 Å². The van der Waals surface area contributed by atoms with Gasteiger partial charge in [-0.05, 0) is 54.1 Å². The molecule has 0 amide bonds. The third-order valence-corrected chi connectivity index (χ3v) is 2.65. The van der Waals surface area contributed by atoms with Crippen molar-refractivity contribution in [1.82, 2.24) is 4.90 Å². The van der Waals surface area contributed by atoms with Gasteiger partial charge in [0.2, 0.25) is 0 Å². The van der Waals surface area contributed by atoms with E-state index in [9.17, 15) is 9.59 Å². The highest BCUT2D eigenvalue weighted by Crippen LogP contribution is 2.16. The average Bonchev–Trinajstić information content (AvgIpc) is 2.28. The molecule has 112 valence electrons. The second-order valence-corrected chi connectivity index (χ2v) is 5.68. The fourth-order valence-electron chi connectivity index (χ4n) is 1.76. The lowest BCUT2D eigenvalue weighted by atomic mass is 9.99. The van der Waals surface area contributed by atoms with Gasteiger partial charge in [0.25, 0.3) is 6.47 Å². The number of hydrogen-bond donors (Lipinski definition) is 0. The number of likely N-dealkylation sites (tertiary alicyclic amines) is 1. The molecule has 0 aromatic carbocycles. The molecule has 0 aliphatic carbocycles. The highest BCUT2D eigenvalue weighted by molar-refractivity contribution is 5.72. The Balaban J connectivity index is 0.000000399. The number of piperidine rings is 1. The zero-order valence-corrected chi connectivity index (χ0v) is 12.8. The molecule has 0 radical (unpaired) electrons. The number of nitrogens with zero attached hydrogens (tertiary/aromatic N) is 1. The van der Waals surface area contributed by atoms with Crippen molar-refractivity contribution in [2.75, 3.05) is 26.7 Å². The second kappa shape index (κ2) is 8.91. The van der Waals surface area contributed by atoms with Crippen LogP contribution in [0.1, 0.15) is 40.5 Å². The molecule has 1 aliphatic heterocycles. The molecule has 1 saturated heterocycles. The first-order chi connectivity index (χ1) is 8.80. The van der Waals surface area contributed by atoms with Gasteiger partial charge in [0, 0.05) is 6.54 Å². The molecule has 1 unspecified atom stereocenters. The summed E-state index contributed by atoms with van der Waals surface area (Å²) in [5.74, 6) is 0.0905. The van der Waals surface area contributed by atoms with Crippen molar-refractivity contribution in [2.24, 2.45) is 5.92 Å². The summed E-state index contributed by atoms with van der Waals surface area (Å²) in [5, 5.41) is 0. The third-order valence-electron chi connectivity index (χ3n) is 2.65. The van der Waals surface area contributed by atoms with Crippen molar-refractivity contribution < 1.29 is 19.1 Å². The maximum atomic E-state index is 11.3. The van der Waals surface area contributed by atoms with Gasteiger partial charge in [-0.3, -0.25) is 9.59 Å². The van der Waals surface area contributed by atoms with Crippen LogP contribution in [0, 0.1) is 5.92 Å². The summed E-state index contributed by atoms with van der Waals surface area (Å²) < 4.78 is 9.51. The van der Waals surface area contributed by atoms with Gasteiger partial charge in [-0.25, -0.2) is 0 Å². The summed E-state index contributed by atoms with van der Waals surface area (Å²) in [4.78, 5) is 23.1. The third kappa shape index (κ3) is 9.47. The number of rotatable bonds is 3. The van der Waals surface area contributed by atoms with E-state index in [2.05, 4.69) is 9.64 Å². The second-order valence-electron chi connectivity index (χ2n) is 5.68. The van der Waals surface area contributed by atoms with E-state index in [0.29, 0.717) is 13.1 Å². The van der Waals surface area contributed by atoms with Crippen LogP contribution >= 0.6 is 0 Å². The monoisotopic (exact) mass is 273 g/mol. The van der Waals surface area contributed by atoms with Gasteiger partial charge in [0.1, 0.15) is 5.60 Å². The molecular formula is C14H27NO4. The van der Waals surface area contributed by atoms with Crippen LogP contribution in [-0.4, -0.2) is 49.7 Å². The maximum Gasteiger partial charge on any atom is 0.310 e. The molecular weight excluding hydrogens is 246 g/mol. The predicted octanol–water partition coefficient (Wildman–Crippen LogP) is 1.85. The minimum Gasteiger partial charge on any atom is -0.466 e. The fourth-order valence-corrected chi connectivity index (χ4v) is 1.76. The van der Waals surface area contributed by atoms with E-state index in [-0.39, 0.29) is 17.5 Å². The minimum absolute atomic E-state index is 0.0240. The van der Waals surface area contributed by atoms with Crippen LogP contribution < -0.4 is 0 Å². The lowest BCUT2D eigenvalue weighted by molar-refractivity contribution is -0.149. The van der Waals surface area contributed by atoms with Gasteiger partial charge in [-0.2, -0.15) is 0 Å². The first kappa shape index (κ1) is 17.9. The smallest absolute Gasteiger partial charge is 0.310 e. The molecule has 0 bridgehead atoms. The molecule has 5 heteroatoms. The lowest BCUT2D eigenvalue weighted by Gasteiger charge is -2.27. The van der Waals surface area contributed by atoms with Crippen molar-refractivity contribution >= 4 is 12.4 Å². The first-order valence-electron chi connectivity index (χ1n) is 6.76. The molecule has 1 atom stereocenters. The lowest BCUT2D eigenvalue weighted by Crippen LogP contribution is -2.36. The Bertz CT molecular complexity index is 273. The van der Waals surface area contributed by atoms with Crippen molar-refractivity contribution in [1.29, 1.82) is 0 Å². The quantitative estimate of drug-likeness (QED) is 0.580. The van der Waals surface area contributed by atoms with Crippen LogP contribution in [-0.2, 0) is 19.1 Å². The summed E-state index contributed by atoms with van der Waals surface area (Å²) in [5.41, 5.74) is -0.318. The Hall–Kier alpha value is -1.10. The molecule has 0 aromatic rings. The normalized spacial score (nSPS) is 19.9. The predicted molar refractivity (Wildman–Crippen MR) is 73.8 cm³/mol. The molecule has 1 rings (SSSR count). The van der Waals surface area contributed by atoms with E-state index in [0.717, 1.165) is 25.9 Å². The van der Waals surface area contributed by atoms with E-state index in [1.54, 1.807) is 0 Å². The van der Waals surface area contributed by atoms with Gasteiger partial charge < -0.3 is 14.4 Å². The summed E-state index contributed by atoms with van der Waals surface area (Å²) in [7, 11) is 2.05. The van der Waals surface area contributed by atoms with E-state index < -0.39 is 0 Å². The van der Waals surface area contributed by atoms with Gasteiger partial charge in [0.05, 0.1) is 12.5 Å². The highest BCUT2D eigenvalue weighted by atomic mass is 16.5. The number of carbonyl (C=O) groups excluding carboxylic acids is 2. The molecule has 19 heavy (non-hydrogen) atoms. The van der Waals surface area contributed by atoms with Crippen LogP contribution in [0.5, 0.6) is 0 Å². The molecule has 0 saturated carbocycles. The van der Waals surface area contributed by atoms with Crippen molar-refractivity contribution in [3.63, 3.8) is 0 Å². The minimum atomic E-state index is -0.318. The Morgan fingerprint density at radius 3 is 2.42 bits per heavy atom. The molecule has 0 aromatic heterocycles. The number of esters is 1. The molecule has 0 N–H and O–H groups in total. The summed E-state index contributed by atoms with van der Waals surface area (Å²) in [6.07, 6.45) is 2.10. The van der Waals surface area contributed by atoms with Gasteiger partial charge in [0.15, 0.2) is 0 Å².